The molecule has 3 unspecified atom stereocenters. The zero-order valence-corrected chi connectivity index (χ0v) is 17.1. The lowest BCUT2D eigenvalue weighted by Crippen LogP contribution is -2.49. The van der Waals surface area contributed by atoms with E-state index < -0.39 is 5.60 Å². The van der Waals surface area contributed by atoms with Crippen LogP contribution in [0.2, 0.25) is 0 Å². The molecule has 3 atom stereocenters. The minimum Gasteiger partial charge on any atom is -0.368 e. The van der Waals surface area contributed by atoms with Gasteiger partial charge in [-0.1, -0.05) is 91.0 Å². The van der Waals surface area contributed by atoms with Crippen LogP contribution < -0.4 is 0 Å². The summed E-state index contributed by atoms with van der Waals surface area (Å²) >= 11 is 0. The first-order valence-corrected chi connectivity index (χ1v) is 10.8. The molecule has 3 aromatic carbocycles. The molecule has 0 N–H and O–H groups in total. The summed E-state index contributed by atoms with van der Waals surface area (Å²) in [6.45, 7) is 2.24. The van der Waals surface area contributed by atoms with Crippen LogP contribution in [0.15, 0.2) is 91.0 Å². The van der Waals surface area contributed by atoms with E-state index in [2.05, 4.69) is 95.9 Å². The number of benzene rings is 3. The first kappa shape index (κ1) is 18.6. The fraction of sp³-hybridized carbons (Fsp3) is 0.333. The Labute approximate surface area is 174 Å². The Bertz CT molecular complexity index is 885. The van der Waals surface area contributed by atoms with E-state index in [0.29, 0.717) is 12.0 Å². The molecule has 1 aliphatic carbocycles. The molecular formula is C27H29NO. The fourth-order valence-electron chi connectivity index (χ4n) is 5.93. The molecular weight excluding hydrogens is 354 g/mol. The molecule has 2 fully saturated rings. The predicted molar refractivity (Wildman–Crippen MR) is 118 cm³/mol. The average molecular weight is 384 g/mol. The molecule has 0 aromatic heterocycles. The lowest BCUT2D eigenvalue weighted by molar-refractivity contribution is -0.0622. The van der Waals surface area contributed by atoms with Crippen molar-refractivity contribution in [2.24, 2.45) is 11.8 Å². The Morgan fingerprint density at radius 2 is 1.34 bits per heavy atom. The van der Waals surface area contributed by atoms with Gasteiger partial charge in [0.2, 0.25) is 0 Å². The number of nitrogens with zero attached hydrogens (tertiary/aromatic N) is 1. The molecule has 0 amide bonds. The Hall–Kier alpha value is -2.42. The largest absolute Gasteiger partial charge is 0.368 e. The van der Waals surface area contributed by atoms with E-state index in [4.69, 9.17) is 4.74 Å². The molecule has 148 valence electrons. The maximum Gasteiger partial charge on any atom is 0.122 e. The Morgan fingerprint density at radius 1 is 0.793 bits per heavy atom. The first-order valence-electron chi connectivity index (χ1n) is 10.8. The third kappa shape index (κ3) is 3.21. The van der Waals surface area contributed by atoms with Crippen molar-refractivity contribution in [3.05, 3.63) is 108 Å². The average Bonchev–Trinajstić information content (AvgIpc) is 3.38. The van der Waals surface area contributed by atoms with Crippen molar-refractivity contribution >= 4 is 0 Å². The molecule has 1 aliphatic heterocycles. The topological polar surface area (TPSA) is 12.5 Å². The van der Waals surface area contributed by atoms with Crippen LogP contribution in [0.4, 0.5) is 0 Å². The normalized spacial score (nSPS) is 24.1. The van der Waals surface area contributed by atoms with Crippen LogP contribution in [-0.4, -0.2) is 24.6 Å². The van der Waals surface area contributed by atoms with E-state index in [9.17, 15) is 0 Å². The summed E-state index contributed by atoms with van der Waals surface area (Å²) in [6.07, 6.45) is 2.51. The minimum absolute atomic E-state index is 0.405. The number of piperidine rings is 1. The van der Waals surface area contributed by atoms with Gasteiger partial charge in [-0.15, -0.1) is 0 Å². The van der Waals surface area contributed by atoms with Crippen LogP contribution in [0.25, 0.3) is 0 Å². The second-order valence-electron chi connectivity index (χ2n) is 8.60. The zero-order valence-electron chi connectivity index (χ0n) is 17.1. The first-order chi connectivity index (χ1) is 14.3. The number of ether oxygens (including phenoxy) is 1. The van der Waals surface area contributed by atoms with Gasteiger partial charge in [0.25, 0.3) is 0 Å². The molecule has 0 radical (unpaired) electrons. The van der Waals surface area contributed by atoms with Gasteiger partial charge < -0.3 is 4.74 Å². The van der Waals surface area contributed by atoms with E-state index >= 15 is 0 Å². The molecule has 1 heterocycles. The molecule has 0 spiro atoms. The third-order valence-electron chi connectivity index (χ3n) is 7.07. The highest BCUT2D eigenvalue weighted by Crippen LogP contribution is 2.54. The summed E-state index contributed by atoms with van der Waals surface area (Å²) in [5.74, 6) is 1.20. The van der Waals surface area contributed by atoms with Crippen molar-refractivity contribution in [2.45, 2.75) is 31.0 Å². The van der Waals surface area contributed by atoms with E-state index in [1.165, 1.54) is 36.1 Å². The molecule has 2 aliphatic rings. The van der Waals surface area contributed by atoms with Crippen molar-refractivity contribution in [2.75, 3.05) is 13.7 Å². The summed E-state index contributed by atoms with van der Waals surface area (Å²) in [5, 5.41) is 0. The number of hydrogen-bond donors (Lipinski definition) is 0. The van der Waals surface area contributed by atoms with E-state index in [-0.39, 0.29) is 0 Å². The van der Waals surface area contributed by atoms with Crippen molar-refractivity contribution in [3.8, 4) is 0 Å². The Balaban J connectivity index is 1.55. The van der Waals surface area contributed by atoms with Gasteiger partial charge in [0.05, 0.1) is 0 Å². The van der Waals surface area contributed by atoms with Gasteiger partial charge in [0.1, 0.15) is 5.60 Å². The van der Waals surface area contributed by atoms with Crippen LogP contribution in [-0.2, 0) is 16.9 Å². The summed E-state index contributed by atoms with van der Waals surface area (Å²) < 4.78 is 6.52. The number of rotatable bonds is 6. The summed E-state index contributed by atoms with van der Waals surface area (Å²) in [4.78, 5) is 2.70. The fourth-order valence-corrected chi connectivity index (χ4v) is 5.93. The number of methoxy groups -OCH3 is 1. The van der Waals surface area contributed by atoms with Gasteiger partial charge in [0.15, 0.2) is 0 Å². The van der Waals surface area contributed by atoms with Gasteiger partial charge in [-0.25, -0.2) is 0 Å². The molecule has 1 saturated carbocycles. The highest BCUT2D eigenvalue weighted by atomic mass is 16.5. The second-order valence-corrected chi connectivity index (χ2v) is 8.60. The third-order valence-corrected chi connectivity index (χ3v) is 7.07. The molecule has 1 saturated heterocycles. The smallest absolute Gasteiger partial charge is 0.122 e. The molecule has 29 heavy (non-hydrogen) atoms. The highest BCUT2D eigenvalue weighted by molar-refractivity contribution is 5.39. The van der Waals surface area contributed by atoms with Crippen molar-refractivity contribution in [1.29, 1.82) is 0 Å². The van der Waals surface area contributed by atoms with E-state index in [1.54, 1.807) is 0 Å². The quantitative estimate of drug-likeness (QED) is 0.558. The van der Waals surface area contributed by atoms with Gasteiger partial charge >= 0.3 is 0 Å². The van der Waals surface area contributed by atoms with Gasteiger partial charge in [-0.2, -0.15) is 0 Å². The maximum atomic E-state index is 6.52. The Kier molecular flexibility index (Phi) is 4.99. The van der Waals surface area contributed by atoms with Crippen LogP contribution in [0.5, 0.6) is 0 Å². The van der Waals surface area contributed by atoms with Crippen LogP contribution in [0.3, 0.4) is 0 Å². The molecule has 2 bridgehead atoms. The molecule has 3 aromatic rings. The molecule has 5 rings (SSSR count). The lowest BCUT2D eigenvalue weighted by atomic mass is 9.72. The zero-order chi connectivity index (χ0) is 19.7. The predicted octanol–water partition coefficient (Wildman–Crippen LogP) is 5.49. The van der Waals surface area contributed by atoms with Crippen LogP contribution in [0.1, 0.15) is 29.5 Å². The van der Waals surface area contributed by atoms with Gasteiger partial charge in [-0.3, -0.25) is 4.90 Å². The molecule has 2 heteroatoms. The summed E-state index contributed by atoms with van der Waals surface area (Å²) in [7, 11) is 1.90. The second kappa shape index (κ2) is 7.78. The SMILES string of the molecule is COC(c1ccccc1)(c1ccccc1)C1CC2CC1N(Cc1ccccc1)C2. The maximum absolute atomic E-state index is 6.52. The van der Waals surface area contributed by atoms with E-state index in [1.807, 2.05) is 7.11 Å². The van der Waals surface area contributed by atoms with Crippen molar-refractivity contribution < 1.29 is 4.74 Å². The number of likely N-dealkylation sites (tertiary alicyclic amines) is 1. The van der Waals surface area contributed by atoms with Gasteiger partial charge in [0, 0.05) is 32.2 Å². The summed E-state index contributed by atoms with van der Waals surface area (Å²) in [5.41, 5.74) is 3.54. The lowest BCUT2D eigenvalue weighted by Gasteiger charge is -2.46. The summed E-state index contributed by atoms with van der Waals surface area (Å²) in [6, 6.07) is 33.1. The van der Waals surface area contributed by atoms with Crippen LogP contribution >= 0.6 is 0 Å². The van der Waals surface area contributed by atoms with Crippen molar-refractivity contribution in [1.82, 2.24) is 4.90 Å². The highest BCUT2D eigenvalue weighted by Gasteiger charge is 2.55. The molecule has 2 nitrogen and oxygen atoms in total. The Morgan fingerprint density at radius 3 is 1.86 bits per heavy atom. The number of hydrogen-bond acceptors (Lipinski definition) is 2. The van der Waals surface area contributed by atoms with Gasteiger partial charge in [-0.05, 0) is 35.4 Å². The monoisotopic (exact) mass is 383 g/mol. The van der Waals surface area contributed by atoms with Crippen LogP contribution in [0, 0.1) is 11.8 Å². The van der Waals surface area contributed by atoms with Crippen molar-refractivity contribution in [3.63, 3.8) is 0 Å². The minimum atomic E-state index is -0.405. The standard InChI is InChI=1S/C27H29NO/c1-29-27(23-13-7-3-8-14-23,24-15-9-4-10-16-24)25-17-22-18-26(25)28(20-22)19-21-11-5-2-6-12-21/h2-16,22,25-26H,17-20H2,1H3. The number of fused-ring (bicyclic) bond motifs is 2. The van der Waals surface area contributed by atoms with E-state index in [0.717, 1.165) is 12.5 Å².